The number of pyridine rings is 1. The van der Waals surface area contributed by atoms with Crippen molar-refractivity contribution >= 4 is 21.6 Å². The third kappa shape index (κ3) is 3.95. The van der Waals surface area contributed by atoms with Crippen LogP contribution in [0.15, 0.2) is 23.2 Å². The number of sulfonamides is 1. The zero-order valence-electron chi connectivity index (χ0n) is 7.62. The summed E-state index contributed by atoms with van der Waals surface area (Å²) in [7, 11) is -4.21. The Labute approximate surface area is 94.5 Å². The lowest BCUT2D eigenvalue weighted by atomic mass is 10.5. The van der Waals surface area contributed by atoms with Gasteiger partial charge in [-0.1, -0.05) is 11.6 Å². The van der Waals surface area contributed by atoms with Gasteiger partial charge in [0, 0.05) is 6.20 Å². The fourth-order valence-corrected chi connectivity index (χ4v) is 2.08. The first kappa shape index (κ1) is 13.2. The predicted octanol–water partition coefficient (Wildman–Crippen LogP) is 1.58. The number of nitrogens with one attached hydrogen (secondary N) is 1. The van der Waals surface area contributed by atoms with Gasteiger partial charge < -0.3 is 0 Å². The van der Waals surface area contributed by atoms with Crippen molar-refractivity contribution < 1.29 is 21.6 Å². The molecule has 0 aliphatic heterocycles. The van der Waals surface area contributed by atoms with Gasteiger partial charge in [0.05, 0.1) is 4.90 Å². The SMILES string of the molecule is O=S(=O)(NCC(F)(F)F)c1ccnc(Cl)c1. The molecule has 0 unspecified atom stereocenters. The van der Waals surface area contributed by atoms with Crippen molar-refractivity contribution in [3.63, 3.8) is 0 Å². The van der Waals surface area contributed by atoms with Crippen molar-refractivity contribution in [1.82, 2.24) is 9.71 Å². The van der Waals surface area contributed by atoms with E-state index >= 15 is 0 Å². The van der Waals surface area contributed by atoms with Gasteiger partial charge in [0.2, 0.25) is 10.0 Å². The lowest BCUT2D eigenvalue weighted by Gasteiger charge is -2.09. The fraction of sp³-hybridized carbons (Fsp3) is 0.286. The predicted molar refractivity (Wildman–Crippen MR) is 50.5 cm³/mol. The van der Waals surface area contributed by atoms with Gasteiger partial charge in [0.25, 0.3) is 0 Å². The molecule has 1 rings (SSSR count). The van der Waals surface area contributed by atoms with E-state index in [4.69, 9.17) is 11.6 Å². The maximum Gasteiger partial charge on any atom is 0.402 e. The van der Waals surface area contributed by atoms with Gasteiger partial charge in [0.15, 0.2) is 0 Å². The highest BCUT2D eigenvalue weighted by atomic mass is 35.5. The third-order valence-corrected chi connectivity index (χ3v) is 3.08. The Morgan fingerprint density at radius 3 is 2.56 bits per heavy atom. The summed E-state index contributed by atoms with van der Waals surface area (Å²) in [6.07, 6.45) is -3.52. The molecule has 16 heavy (non-hydrogen) atoms. The molecule has 0 amide bonds. The summed E-state index contributed by atoms with van der Waals surface area (Å²) < 4.78 is 59.5. The van der Waals surface area contributed by atoms with Crippen molar-refractivity contribution in [2.75, 3.05) is 6.54 Å². The van der Waals surface area contributed by atoms with Crippen molar-refractivity contribution in [3.8, 4) is 0 Å². The minimum absolute atomic E-state index is 0.116. The number of halogens is 4. The van der Waals surface area contributed by atoms with Crippen LogP contribution in [0.4, 0.5) is 13.2 Å². The van der Waals surface area contributed by atoms with Crippen molar-refractivity contribution in [2.45, 2.75) is 11.1 Å². The average molecular weight is 275 g/mol. The fourth-order valence-electron chi connectivity index (χ4n) is 0.812. The van der Waals surface area contributed by atoms with Crippen LogP contribution < -0.4 is 4.72 Å². The molecule has 90 valence electrons. The molecular formula is C7H6ClF3N2O2S. The largest absolute Gasteiger partial charge is 0.402 e. The highest BCUT2D eigenvalue weighted by Crippen LogP contribution is 2.16. The first-order chi connectivity index (χ1) is 7.21. The molecule has 1 heterocycles. The Balaban J connectivity index is 2.87. The molecule has 0 aliphatic rings. The van der Waals surface area contributed by atoms with Crippen LogP contribution in [-0.4, -0.2) is 26.1 Å². The molecule has 0 bridgehead atoms. The lowest BCUT2D eigenvalue weighted by Crippen LogP contribution is -2.33. The van der Waals surface area contributed by atoms with Gasteiger partial charge >= 0.3 is 6.18 Å². The summed E-state index contributed by atoms with van der Waals surface area (Å²) in [5, 5.41) is -0.116. The number of rotatable bonds is 3. The van der Waals surface area contributed by atoms with Gasteiger partial charge in [-0.15, -0.1) is 0 Å². The number of hydrogen-bond donors (Lipinski definition) is 1. The Kier molecular flexibility index (Phi) is 3.76. The maximum absolute atomic E-state index is 11.8. The molecule has 0 aromatic carbocycles. The minimum Gasteiger partial charge on any atom is -0.244 e. The van der Waals surface area contributed by atoms with Crippen LogP contribution in [0.5, 0.6) is 0 Å². The van der Waals surface area contributed by atoms with E-state index in [-0.39, 0.29) is 10.0 Å². The van der Waals surface area contributed by atoms with Gasteiger partial charge in [-0.25, -0.2) is 18.1 Å². The smallest absolute Gasteiger partial charge is 0.244 e. The van der Waals surface area contributed by atoms with Crippen LogP contribution in [0, 0.1) is 0 Å². The van der Waals surface area contributed by atoms with E-state index in [0.717, 1.165) is 18.3 Å². The van der Waals surface area contributed by atoms with E-state index in [0.29, 0.717) is 0 Å². The monoisotopic (exact) mass is 274 g/mol. The van der Waals surface area contributed by atoms with E-state index in [1.807, 2.05) is 0 Å². The first-order valence-corrected chi connectivity index (χ1v) is 5.75. The molecule has 0 saturated heterocycles. The van der Waals surface area contributed by atoms with Gasteiger partial charge in [-0.2, -0.15) is 13.2 Å². The quantitative estimate of drug-likeness (QED) is 0.851. The Morgan fingerprint density at radius 2 is 2.06 bits per heavy atom. The summed E-state index contributed by atoms with van der Waals surface area (Å²) in [4.78, 5) is 3.15. The zero-order chi connectivity index (χ0) is 12.4. The van der Waals surface area contributed by atoms with E-state index in [2.05, 4.69) is 4.98 Å². The first-order valence-electron chi connectivity index (χ1n) is 3.89. The Bertz CT molecular complexity index is 475. The van der Waals surface area contributed by atoms with E-state index in [1.54, 1.807) is 0 Å². The standard InChI is InChI=1S/C7H6ClF3N2O2S/c8-6-3-5(1-2-12-6)16(14,15)13-4-7(9,10)11/h1-3,13H,4H2. The lowest BCUT2D eigenvalue weighted by molar-refractivity contribution is -0.121. The molecule has 1 N–H and O–H groups in total. The molecule has 0 atom stereocenters. The van der Waals surface area contributed by atoms with E-state index < -0.39 is 22.7 Å². The van der Waals surface area contributed by atoms with Gasteiger partial charge in [-0.05, 0) is 12.1 Å². The molecule has 0 fully saturated rings. The van der Waals surface area contributed by atoms with Crippen molar-refractivity contribution in [2.24, 2.45) is 0 Å². The molecule has 9 heteroatoms. The summed E-state index contributed by atoms with van der Waals surface area (Å²) in [5.74, 6) is 0. The average Bonchev–Trinajstić information content (AvgIpc) is 2.14. The molecule has 1 aromatic heterocycles. The molecule has 4 nitrogen and oxygen atoms in total. The number of nitrogens with zero attached hydrogens (tertiary/aromatic N) is 1. The summed E-state index contributed by atoms with van der Waals surface area (Å²) in [5.41, 5.74) is 0. The van der Waals surface area contributed by atoms with Gasteiger partial charge in [0.1, 0.15) is 11.7 Å². The zero-order valence-corrected chi connectivity index (χ0v) is 9.20. The second-order valence-electron chi connectivity index (χ2n) is 2.75. The minimum atomic E-state index is -4.61. The van der Waals surface area contributed by atoms with Crippen LogP contribution in [0.2, 0.25) is 5.15 Å². The van der Waals surface area contributed by atoms with E-state index in [9.17, 15) is 21.6 Å². The highest BCUT2D eigenvalue weighted by molar-refractivity contribution is 7.89. The van der Waals surface area contributed by atoms with E-state index in [1.165, 1.54) is 4.72 Å². The van der Waals surface area contributed by atoms with Crippen molar-refractivity contribution in [1.29, 1.82) is 0 Å². The van der Waals surface area contributed by atoms with Crippen molar-refractivity contribution in [3.05, 3.63) is 23.5 Å². The molecule has 0 saturated carbocycles. The van der Waals surface area contributed by atoms with Crippen LogP contribution in [0.3, 0.4) is 0 Å². The molecule has 0 aliphatic carbocycles. The highest BCUT2D eigenvalue weighted by Gasteiger charge is 2.30. The maximum atomic E-state index is 11.8. The summed E-state index contributed by atoms with van der Waals surface area (Å²) in [6.45, 7) is -1.63. The molecular weight excluding hydrogens is 269 g/mol. The Morgan fingerprint density at radius 1 is 1.44 bits per heavy atom. The van der Waals surface area contributed by atoms with Crippen LogP contribution >= 0.6 is 11.6 Å². The number of hydrogen-bond acceptors (Lipinski definition) is 3. The number of alkyl halides is 3. The third-order valence-electron chi connectivity index (χ3n) is 1.47. The topological polar surface area (TPSA) is 59.1 Å². The normalized spacial score (nSPS) is 12.8. The molecule has 1 aromatic rings. The second kappa shape index (κ2) is 4.56. The Hall–Kier alpha value is -0.860. The molecule has 0 radical (unpaired) electrons. The summed E-state index contributed by atoms with van der Waals surface area (Å²) >= 11 is 5.42. The summed E-state index contributed by atoms with van der Waals surface area (Å²) in [6, 6.07) is 2.00. The van der Waals surface area contributed by atoms with Gasteiger partial charge in [-0.3, -0.25) is 0 Å². The molecule has 0 spiro atoms. The van der Waals surface area contributed by atoms with Crippen LogP contribution in [-0.2, 0) is 10.0 Å². The number of aromatic nitrogens is 1. The second-order valence-corrected chi connectivity index (χ2v) is 4.91. The van der Waals surface area contributed by atoms with Crippen LogP contribution in [0.1, 0.15) is 0 Å². The van der Waals surface area contributed by atoms with Crippen LogP contribution in [0.25, 0.3) is 0 Å².